The molecule has 0 spiro atoms. The number of aromatic nitrogens is 1. The van der Waals surface area contributed by atoms with E-state index in [1.165, 1.54) is 11.3 Å². The molecule has 0 fully saturated rings. The van der Waals surface area contributed by atoms with Crippen molar-refractivity contribution in [3.63, 3.8) is 0 Å². The van der Waals surface area contributed by atoms with Crippen LogP contribution in [0.5, 0.6) is 11.5 Å². The summed E-state index contributed by atoms with van der Waals surface area (Å²) in [4.78, 5) is 34.8. The maximum Gasteiger partial charge on any atom is 0.297 e. The van der Waals surface area contributed by atoms with Crippen LogP contribution in [0.4, 0.5) is 5.13 Å². The molecule has 1 amide bonds. The largest absolute Gasteiger partial charge is 0.493 e. The molecule has 4 aromatic rings. The quantitative estimate of drug-likeness (QED) is 0.238. The van der Waals surface area contributed by atoms with E-state index >= 15 is 0 Å². The Morgan fingerprint density at radius 1 is 1.14 bits per heavy atom. The zero-order chi connectivity index (χ0) is 26.4. The molecule has 2 aromatic heterocycles. The standard InChI is InChI=1S/C28H27BrN2O5S/c1-14(2)10-11-35-21-8-6-17(12-22(21)34-5)24-23-25(32)19-13-18(29)7-9-20(19)36-26(23)27(33)31(24)28-30-15(3)16(4)37-28/h6-9,12-14,24H,10-11H2,1-5H3. The molecule has 9 heteroatoms. The molecule has 1 unspecified atom stereocenters. The smallest absolute Gasteiger partial charge is 0.297 e. The van der Waals surface area contributed by atoms with Crippen LogP contribution in [0, 0.1) is 19.8 Å². The number of halogens is 1. The Balaban J connectivity index is 1.69. The molecule has 0 saturated heterocycles. The molecule has 1 aliphatic heterocycles. The van der Waals surface area contributed by atoms with Crippen molar-refractivity contribution in [2.24, 2.45) is 5.92 Å². The van der Waals surface area contributed by atoms with Crippen LogP contribution in [0.15, 0.2) is 50.1 Å². The molecular weight excluding hydrogens is 556 g/mol. The Kier molecular flexibility index (Phi) is 6.85. The summed E-state index contributed by atoms with van der Waals surface area (Å²) in [6.07, 6.45) is 0.912. The molecule has 0 bridgehead atoms. The van der Waals surface area contributed by atoms with Gasteiger partial charge in [0.15, 0.2) is 22.1 Å². The van der Waals surface area contributed by atoms with E-state index < -0.39 is 11.9 Å². The second-order valence-corrected chi connectivity index (χ2v) is 11.6. The zero-order valence-corrected chi connectivity index (χ0v) is 23.7. The zero-order valence-electron chi connectivity index (χ0n) is 21.3. The lowest BCUT2D eigenvalue weighted by Crippen LogP contribution is -2.29. The first-order valence-corrected chi connectivity index (χ1v) is 13.6. The molecule has 1 aliphatic rings. The van der Waals surface area contributed by atoms with Gasteiger partial charge < -0.3 is 13.9 Å². The number of amides is 1. The van der Waals surface area contributed by atoms with Gasteiger partial charge in [-0.3, -0.25) is 14.5 Å². The van der Waals surface area contributed by atoms with Crippen LogP contribution < -0.4 is 19.8 Å². The SMILES string of the molecule is COc1cc(C2c3c(oc4ccc(Br)cc4c3=O)C(=O)N2c2nc(C)c(C)s2)ccc1OCCC(C)C. The summed E-state index contributed by atoms with van der Waals surface area (Å²) in [5.74, 6) is 1.29. The number of hydrogen-bond donors (Lipinski definition) is 0. The fourth-order valence-corrected chi connectivity index (χ4v) is 5.69. The first kappa shape index (κ1) is 25.5. The first-order valence-electron chi connectivity index (χ1n) is 12.0. The van der Waals surface area contributed by atoms with Gasteiger partial charge in [-0.05, 0) is 62.1 Å². The third kappa shape index (κ3) is 4.55. The lowest BCUT2D eigenvalue weighted by atomic mass is 9.98. The first-order chi connectivity index (χ1) is 17.7. The minimum Gasteiger partial charge on any atom is -0.493 e. The van der Waals surface area contributed by atoms with Crippen LogP contribution in [0.3, 0.4) is 0 Å². The van der Waals surface area contributed by atoms with Crippen LogP contribution in [0.25, 0.3) is 11.0 Å². The number of anilines is 1. The summed E-state index contributed by atoms with van der Waals surface area (Å²) in [6, 6.07) is 9.97. The molecule has 192 valence electrons. The van der Waals surface area contributed by atoms with E-state index in [1.54, 1.807) is 30.2 Å². The van der Waals surface area contributed by atoms with Gasteiger partial charge >= 0.3 is 0 Å². The highest BCUT2D eigenvalue weighted by Crippen LogP contribution is 2.44. The van der Waals surface area contributed by atoms with E-state index in [4.69, 9.17) is 13.9 Å². The number of ether oxygens (including phenoxy) is 2. The molecule has 0 saturated carbocycles. The maximum atomic E-state index is 13.8. The van der Waals surface area contributed by atoms with Crippen LogP contribution in [0.2, 0.25) is 0 Å². The van der Waals surface area contributed by atoms with Gasteiger partial charge in [0.25, 0.3) is 5.91 Å². The molecule has 0 radical (unpaired) electrons. The Morgan fingerprint density at radius 2 is 1.92 bits per heavy atom. The van der Waals surface area contributed by atoms with E-state index in [1.807, 2.05) is 32.0 Å². The van der Waals surface area contributed by atoms with Crippen molar-refractivity contribution in [3.8, 4) is 11.5 Å². The van der Waals surface area contributed by atoms with Crippen molar-refractivity contribution in [1.29, 1.82) is 0 Å². The third-order valence-electron chi connectivity index (χ3n) is 6.51. The van der Waals surface area contributed by atoms with Crippen LogP contribution >= 0.6 is 27.3 Å². The number of carbonyl (C=O) groups is 1. The summed E-state index contributed by atoms with van der Waals surface area (Å²) in [7, 11) is 1.58. The Morgan fingerprint density at radius 3 is 2.59 bits per heavy atom. The van der Waals surface area contributed by atoms with Crippen molar-refractivity contribution < 1.29 is 18.7 Å². The average Bonchev–Trinajstić information content (AvgIpc) is 3.35. The Bertz CT molecular complexity index is 1560. The van der Waals surface area contributed by atoms with Gasteiger partial charge in [-0.2, -0.15) is 0 Å². The number of carbonyl (C=O) groups excluding carboxylic acids is 1. The fourth-order valence-electron chi connectivity index (χ4n) is 4.39. The molecule has 5 rings (SSSR count). The predicted octanol–water partition coefficient (Wildman–Crippen LogP) is 6.81. The number of nitrogens with zero attached hydrogens (tertiary/aromatic N) is 2. The number of fused-ring (bicyclic) bond motifs is 2. The number of hydrogen-bond acceptors (Lipinski definition) is 7. The monoisotopic (exact) mass is 582 g/mol. The van der Waals surface area contributed by atoms with E-state index in [2.05, 4.69) is 34.8 Å². The molecule has 0 N–H and O–H groups in total. The molecule has 7 nitrogen and oxygen atoms in total. The summed E-state index contributed by atoms with van der Waals surface area (Å²) in [5.41, 5.74) is 1.94. The van der Waals surface area contributed by atoms with Gasteiger partial charge in [-0.1, -0.05) is 35.8 Å². The third-order valence-corrected chi connectivity index (χ3v) is 8.08. The lowest BCUT2D eigenvalue weighted by molar-refractivity contribution is 0.0971. The summed E-state index contributed by atoms with van der Waals surface area (Å²) < 4.78 is 18.4. The number of rotatable bonds is 7. The second-order valence-electron chi connectivity index (χ2n) is 9.47. The van der Waals surface area contributed by atoms with Gasteiger partial charge in [-0.15, -0.1) is 11.3 Å². The molecule has 2 aromatic carbocycles. The molecule has 0 aliphatic carbocycles. The maximum absolute atomic E-state index is 13.8. The molecular formula is C28H27BrN2O5S. The molecule has 37 heavy (non-hydrogen) atoms. The van der Waals surface area contributed by atoms with Crippen molar-refractivity contribution in [3.05, 3.63) is 78.6 Å². The van der Waals surface area contributed by atoms with Gasteiger partial charge in [0.2, 0.25) is 5.76 Å². The molecule has 3 heterocycles. The van der Waals surface area contributed by atoms with Crippen LogP contribution in [-0.4, -0.2) is 24.6 Å². The van der Waals surface area contributed by atoms with Crippen molar-refractivity contribution in [2.75, 3.05) is 18.6 Å². The Hall–Kier alpha value is -3.17. The van der Waals surface area contributed by atoms with Gasteiger partial charge in [0, 0.05) is 9.35 Å². The molecule has 1 atom stereocenters. The van der Waals surface area contributed by atoms with E-state index in [0.29, 0.717) is 45.7 Å². The van der Waals surface area contributed by atoms with E-state index in [-0.39, 0.29) is 16.8 Å². The highest BCUT2D eigenvalue weighted by Gasteiger charge is 2.45. The fraction of sp³-hybridized carbons (Fsp3) is 0.321. The van der Waals surface area contributed by atoms with Gasteiger partial charge in [-0.25, -0.2) is 4.98 Å². The summed E-state index contributed by atoms with van der Waals surface area (Å²) in [6.45, 7) is 8.71. The topological polar surface area (TPSA) is 81.9 Å². The number of methoxy groups -OCH3 is 1. The van der Waals surface area contributed by atoms with Crippen LogP contribution in [0.1, 0.15) is 58.6 Å². The highest BCUT2D eigenvalue weighted by molar-refractivity contribution is 9.10. The van der Waals surface area contributed by atoms with E-state index in [9.17, 15) is 9.59 Å². The minimum absolute atomic E-state index is 0.0338. The van der Waals surface area contributed by atoms with Gasteiger partial charge in [0.05, 0.1) is 36.4 Å². The predicted molar refractivity (Wildman–Crippen MR) is 148 cm³/mol. The number of benzene rings is 2. The highest BCUT2D eigenvalue weighted by atomic mass is 79.9. The Labute approximate surface area is 227 Å². The van der Waals surface area contributed by atoms with E-state index in [0.717, 1.165) is 21.5 Å². The minimum atomic E-state index is -0.731. The normalized spacial score (nSPS) is 15.1. The average molecular weight is 584 g/mol. The lowest BCUT2D eigenvalue weighted by Gasteiger charge is -2.23. The van der Waals surface area contributed by atoms with Crippen LogP contribution in [-0.2, 0) is 0 Å². The summed E-state index contributed by atoms with van der Waals surface area (Å²) >= 11 is 4.85. The van der Waals surface area contributed by atoms with Gasteiger partial charge in [0.1, 0.15) is 5.58 Å². The number of aryl methyl sites for hydroxylation is 2. The summed E-state index contributed by atoms with van der Waals surface area (Å²) in [5, 5.41) is 0.914. The van der Waals surface area contributed by atoms with Crippen molar-refractivity contribution in [2.45, 2.75) is 40.2 Å². The second kappa shape index (κ2) is 9.95. The van der Waals surface area contributed by atoms with Crippen molar-refractivity contribution in [1.82, 2.24) is 4.98 Å². The van der Waals surface area contributed by atoms with Crippen molar-refractivity contribution >= 4 is 49.3 Å². The number of thiazole rings is 1.